The van der Waals surface area contributed by atoms with Gasteiger partial charge < -0.3 is 9.47 Å². The molecule has 0 heterocycles. The van der Waals surface area contributed by atoms with Crippen LogP contribution in [0.25, 0.3) is 0 Å². The average Bonchev–Trinajstić information content (AvgIpc) is 2.30. The van der Waals surface area contributed by atoms with E-state index in [1.54, 1.807) is 13.8 Å². The quantitative estimate of drug-likeness (QED) is 0.343. The molecule has 0 aliphatic carbocycles. The topological polar surface area (TPSA) is 52.6 Å². The van der Waals surface area contributed by atoms with Gasteiger partial charge in [-0.1, -0.05) is 46.0 Å². The average molecular weight is 286 g/mol. The van der Waals surface area contributed by atoms with Crippen molar-refractivity contribution in [2.45, 2.75) is 85.4 Å². The molecule has 0 rings (SSSR count). The van der Waals surface area contributed by atoms with Crippen molar-refractivity contribution in [2.24, 2.45) is 5.92 Å². The second-order valence-corrected chi connectivity index (χ2v) is 5.75. The van der Waals surface area contributed by atoms with Crippen LogP contribution in [0.5, 0.6) is 0 Å². The summed E-state index contributed by atoms with van der Waals surface area (Å²) in [6.07, 6.45) is 7.19. The second-order valence-electron chi connectivity index (χ2n) is 5.75. The van der Waals surface area contributed by atoms with Crippen LogP contribution < -0.4 is 0 Å². The molecule has 0 aliphatic heterocycles. The summed E-state index contributed by atoms with van der Waals surface area (Å²) in [5.74, 6) is -1.97. The van der Waals surface area contributed by atoms with E-state index in [0.717, 1.165) is 32.1 Å². The van der Waals surface area contributed by atoms with Gasteiger partial charge >= 0.3 is 11.9 Å². The summed E-state index contributed by atoms with van der Waals surface area (Å²) in [5, 5.41) is 0. The second kappa shape index (κ2) is 9.78. The maximum atomic E-state index is 12.2. The van der Waals surface area contributed by atoms with Gasteiger partial charge in [0.05, 0.1) is 5.92 Å². The smallest absolute Gasteiger partial charge is 0.312 e. The lowest BCUT2D eigenvalue weighted by Gasteiger charge is -2.26. The molecule has 0 bridgehead atoms. The Kier molecular flexibility index (Phi) is 9.26. The standard InChI is InChI=1S/C16H30O4/c1-6-8-9-10-12-14(11-7-2)15(18)20-16(4,5)19-13(3)17/h14H,6-12H2,1-5H3/t14-/m1/s1. The fourth-order valence-electron chi connectivity index (χ4n) is 2.24. The van der Waals surface area contributed by atoms with E-state index < -0.39 is 11.8 Å². The summed E-state index contributed by atoms with van der Waals surface area (Å²) in [5.41, 5.74) is 0. The van der Waals surface area contributed by atoms with Gasteiger partial charge in [-0.3, -0.25) is 9.59 Å². The largest absolute Gasteiger partial charge is 0.423 e. The van der Waals surface area contributed by atoms with Crippen molar-refractivity contribution in [3.63, 3.8) is 0 Å². The number of carbonyl (C=O) groups is 2. The fraction of sp³-hybridized carbons (Fsp3) is 0.875. The summed E-state index contributed by atoms with van der Waals surface area (Å²) in [4.78, 5) is 23.1. The van der Waals surface area contributed by atoms with Crippen LogP contribution in [0, 0.1) is 5.92 Å². The Hall–Kier alpha value is -1.06. The highest BCUT2D eigenvalue weighted by atomic mass is 16.7. The molecule has 0 saturated heterocycles. The van der Waals surface area contributed by atoms with E-state index >= 15 is 0 Å². The Bertz CT molecular complexity index is 297. The molecule has 0 saturated carbocycles. The van der Waals surface area contributed by atoms with Crippen molar-refractivity contribution in [1.29, 1.82) is 0 Å². The molecule has 0 spiro atoms. The van der Waals surface area contributed by atoms with Gasteiger partial charge in [0.25, 0.3) is 5.79 Å². The van der Waals surface area contributed by atoms with Gasteiger partial charge in [0.1, 0.15) is 0 Å². The van der Waals surface area contributed by atoms with Gasteiger partial charge in [0.2, 0.25) is 0 Å². The molecule has 0 aromatic heterocycles. The summed E-state index contributed by atoms with van der Waals surface area (Å²) in [7, 11) is 0. The summed E-state index contributed by atoms with van der Waals surface area (Å²) < 4.78 is 10.3. The summed E-state index contributed by atoms with van der Waals surface area (Å²) >= 11 is 0. The number of ether oxygens (including phenoxy) is 2. The first-order valence-electron chi connectivity index (χ1n) is 7.74. The Morgan fingerprint density at radius 2 is 1.60 bits per heavy atom. The van der Waals surface area contributed by atoms with Crippen molar-refractivity contribution in [2.75, 3.05) is 0 Å². The summed E-state index contributed by atoms with van der Waals surface area (Å²) in [6.45, 7) is 8.71. The Labute approximate surface area is 123 Å². The maximum Gasteiger partial charge on any atom is 0.312 e. The van der Waals surface area contributed by atoms with Gasteiger partial charge in [-0.05, 0) is 12.8 Å². The Morgan fingerprint density at radius 1 is 0.950 bits per heavy atom. The highest BCUT2D eigenvalue weighted by Gasteiger charge is 2.29. The molecule has 0 amide bonds. The monoisotopic (exact) mass is 286 g/mol. The van der Waals surface area contributed by atoms with Gasteiger partial charge in [0.15, 0.2) is 0 Å². The SMILES string of the molecule is CCCCCC[C@@H](CCC)C(=O)OC(C)(C)OC(C)=O. The molecule has 20 heavy (non-hydrogen) atoms. The molecule has 0 radical (unpaired) electrons. The molecule has 0 N–H and O–H groups in total. The van der Waals surface area contributed by atoms with Crippen LogP contribution in [-0.4, -0.2) is 17.7 Å². The number of hydrogen-bond donors (Lipinski definition) is 0. The summed E-state index contributed by atoms with van der Waals surface area (Å²) in [6, 6.07) is 0. The third kappa shape index (κ3) is 8.94. The van der Waals surface area contributed by atoms with Crippen LogP contribution >= 0.6 is 0 Å². The predicted octanol–water partition coefficient (Wildman–Crippen LogP) is 4.22. The maximum absolute atomic E-state index is 12.2. The minimum Gasteiger partial charge on any atom is -0.423 e. The van der Waals surface area contributed by atoms with Crippen molar-refractivity contribution in [3.05, 3.63) is 0 Å². The van der Waals surface area contributed by atoms with Crippen molar-refractivity contribution in [1.82, 2.24) is 0 Å². The van der Waals surface area contributed by atoms with Crippen LogP contribution in [0.15, 0.2) is 0 Å². The number of unbranched alkanes of at least 4 members (excludes halogenated alkanes) is 3. The van der Waals surface area contributed by atoms with Gasteiger partial charge in [0, 0.05) is 20.8 Å². The predicted molar refractivity (Wildman–Crippen MR) is 79.1 cm³/mol. The first-order valence-corrected chi connectivity index (χ1v) is 7.74. The normalized spacial score (nSPS) is 12.8. The van der Waals surface area contributed by atoms with Gasteiger partial charge in [-0.15, -0.1) is 0 Å². The zero-order valence-electron chi connectivity index (χ0n) is 13.7. The zero-order chi connectivity index (χ0) is 15.6. The van der Waals surface area contributed by atoms with E-state index in [-0.39, 0.29) is 11.9 Å². The zero-order valence-corrected chi connectivity index (χ0v) is 13.7. The van der Waals surface area contributed by atoms with Crippen LogP contribution in [0.3, 0.4) is 0 Å². The molecule has 1 atom stereocenters. The van der Waals surface area contributed by atoms with Crippen LogP contribution in [0.2, 0.25) is 0 Å². The molecule has 0 fully saturated rings. The van der Waals surface area contributed by atoms with E-state index in [4.69, 9.17) is 9.47 Å². The number of rotatable bonds is 10. The van der Waals surface area contributed by atoms with Gasteiger partial charge in [-0.2, -0.15) is 0 Å². The van der Waals surface area contributed by atoms with E-state index in [1.807, 2.05) is 0 Å². The third-order valence-electron chi connectivity index (χ3n) is 3.11. The molecule has 4 nitrogen and oxygen atoms in total. The molecule has 0 unspecified atom stereocenters. The Morgan fingerprint density at radius 3 is 2.10 bits per heavy atom. The third-order valence-corrected chi connectivity index (χ3v) is 3.11. The van der Waals surface area contributed by atoms with Crippen LogP contribution in [0.1, 0.15) is 79.6 Å². The highest BCUT2D eigenvalue weighted by molar-refractivity contribution is 5.73. The van der Waals surface area contributed by atoms with E-state index in [0.29, 0.717) is 0 Å². The molecular formula is C16H30O4. The van der Waals surface area contributed by atoms with Crippen molar-refractivity contribution in [3.8, 4) is 0 Å². The van der Waals surface area contributed by atoms with Gasteiger partial charge in [-0.25, -0.2) is 0 Å². The van der Waals surface area contributed by atoms with Crippen LogP contribution in [0.4, 0.5) is 0 Å². The van der Waals surface area contributed by atoms with Crippen molar-refractivity contribution < 1.29 is 19.1 Å². The van der Waals surface area contributed by atoms with E-state index in [2.05, 4.69) is 13.8 Å². The molecular weight excluding hydrogens is 256 g/mol. The fourth-order valence-corrected chi connectivity index (χ4v) is 2.24. The highest BCUT2D eigenvalue weighted by Crippen LogP contribution is 2.22. The van der Waals surface area contributed by atoms with E-state index in [1.165, 1.54) is 19.8 Å². The first-order chi connectivity index (χ1) is 9.32. The molecule has 0 aromatic carbocycles. The van der Waals surface area contributed by atoms with Crippen LogP contribution in [-0.2, 0) is 19.1 Å². The lowest BCUT2D eigenvalue weighted by Crippen LogP contribution is -2.35. The lowest BCUT2D eigenvalue weighted by atomic mass is 9.96. The number of hydrogen-bond acceptors (Lipinski definition) is 4. The lowest BCUT2D eigenvalue weighted by molar-refractivity contribution is -0.218. The molecule has 4 heteroatoms. The Balaban J connectivity index is 4.36. The number of esters is 2. The minimum absolute atomic E-state index is 0.0910. The molecule has 0 aromatic rings. The minimum atomic E-state index is -1.18. The first kappa shape index (κ1) is 18.9. The molecule has 118 valence electrons. The van der Waals surface area contributed by atoms with E-state index in [9.17, 15) is 9.59 Å². The van der Waals surface area contributed by atoms with Crippen molar-refractivity contribution >= 4 is 11.9 Å². The molecule has 0 aliphatic rings. The number of carbonyl (C=O) groups excluding carboxylic acids is 2.